The molecule has 0 spiro atoms. The molecular formula is C16H13N5OS3. The summed E-state index contributed by atoms with van der Waals surface area (Å²) in [5.41, 5.74) is 2.82. The number of benzene rings is 1. The Hall–Kier alpha value is -2.23. The van der Waals surface area contributed by atoms with Crippen LogP contribution in [-0.4, -0.2) is 20.2 Å². The highest BCUT2D eigenvalue weighted by Gasteiger charge is 2.09. The van der Waals surface area contributed by atoms with Gasteiger partial charge in [-0.2, -0.15) is 0 Å². The Labute approximate surface area is 155 Å². The molecule has 1 aromatic carbocycles. The van der Waals surface area contributed by atoms with Crippen molar-refractivity contribution in [2.24, 2.45) is 0 Å². The van der Waals surface area contributed by atoms with E-state index in [1.54, 1.807) is 0 Å². The van der Waals surface area contributed by atoms with Gasteiger partial charge in [0.25, 0.3) is 5.56 Å². The molecule has 0 saturated carbocycles. The van der Waals surface area contributed by atoms with E-state index in [1.165, 1.54) is 34.4 Å². The second kappa shape index (κ2) is 6.95. The normalized spacial score (nSPS) is 11.1. The average Bonchev–Trinajstić information content (AvgIpc) is 3.24. The topological polar surface area (TPSA) is 83.6 Å². The third kappa shape index (κ3) is 3.58. The van der Waals surface area contributed by atoms with Gasteiger partial charge in [0.1, 0.15) is 10.5 Å². The number of anilines is 2. The molecule has 0 aliphatic carbocycles. The molecule has 9 heteroatoms. The maximum atomic E-state index is 12.0. The predicted octanol–water partition coefficient (Wildman–Crippen LogP) is 4.18. The van der Waals surface area contributed by atoms with E-state index in [4.69, 9.17) is 0 Å². The molecule has 4 aromatic rings. The molecule has 0 aliphatic heterocycles. The van der Waals surface area contributed by atoms with Crippen molar-refractivity contribution in [1.82, 2.24) is 20.2 Å². The molecule has 3 heterocycles. The van der Waals surface area contributed by atoms with Crippen LogP contribution in [0.25, 0.3) is 10.2 Å². The first-order chi connectivity index (χ1) is 12.2. The van der Waals surface area contributed by atoms with Crippen LogP contribution in [0.3, 0.4) is 0 Å². The summed E-state index contributed by atoms with van der Waals surface area (Å²) in [5.74, 6) is 1.18. The number of hydrogen-bond donors (Lipinski definition) is 2. The zero-order valence-electron chi connectivity index (χ0n) is 13.1. The minimum absolute atomic E-state index is 0.0882. The van der Waals surface area contributed by atoms with Crippen LogP contribution in [0.4, 0.5) is 10.8 Å². The number of thioether (sulfide) groups is 1. The van der Waals surface area contributed by atoms with E-state index in [0.717, 1.165) is 26.2 Å². The Balaban J connectivity index is 1.45. The zero-order valence-corrected chi connectivity index (χ0v) is 15.6. The smallest absolute Gasteiger partial charge is 0.268 e. The van der Waals surface area contributed by atoms with Crippen LogP contribution in [0.2, 0.25) is 0 Å². The van der Waals surface area contributed by atoms with E-state index < -0.39 is 0 Å². The zero-order chi connectivity index (χ0) is 17.2. The fourth-order valence-electron chi connectivity index (χ4n) is 2.27. The van der Waals surface area contributed by atoms with Gasteiger partial charge < -0.3 is 10.3 Å². The molecule has 0 amide bonds. The second-order valence-corrected chi connectivity index (χ2v) is 8.37. The first-order valence-electron chi connectivity index (χ1n) is 7.44. The molecule has 25 heavy (non-hydrogen) atoms. The monoisotopic (exact) mass is 387 g/mol. The van der Waals surface area contributed by atoms with E-state index in [9.17, 15) is 4.79 Å². The summed E-state index contributed by atoms with van der Waals surface area (Å²) in [7, 11) is 0. The molecule has 0 saturated heterocycles. The lowest BCUT2D eigenvalue weighted by molar-refractivity contribution is 1.00. The predicted molar refractivity (Wildman–Crippen MR) is 104 cm³/mol. The SMILES string of the molecule is Cc1ccccc1Nc1nnc(SCc2nc3ccsc3c(=O)[nH]2)s1. The van der Waals surface area contributed by atoms with Gasteiger partial charge in [0.2, 0.25) is 5.13 Å². The molecule has 0 atom stereocenters. The number of thiophene rings is 1. The highest BCUT2D eigenvalue weighted by atomic mass is 32.2. The van der Waals surface area contributed by atoms with Crippen molar-refractivity contribution < 1.29 is 0 Å². The molecule has 3 aromatic heterocycles. The quantitative estimate of drug-likeness (QED) is 0.500. The van der Waals surface area contributed by atoms with E-state index in [1.807, 2.05) is 42.6 Å². The van der Waals surface area contributed by atoms with Gasteiger partial charge in [-0.1, -0.05) is 41.3 Å². The summed E-state index contributed by atoms with van der Waals surface area (Å²) >= 11 is 4.38. The van der Waals surface area contributed by atoms with Gasteiger partial charge in [-0.3, -0.25) is 4.79 Å². The van der Waals surface area contributed by atoms with Gasteiger partial charge in [-0.25, -0.2) is 4.98 Å². The van der Waals surface area contributed by atoms with Crippen molar-refractivity contribution in [1.29, 1.82) is 0 Å². The van der Waals surface area contributed by atoms with Crippen LogP contribution in [0.5, 0.6) is 0 Å². The molecular weight excluding hydrogens is 374 g/mol. The molecule has 2 N–H and O–H groups in total. The Kier molecular flexibility index (Phi) is 4.51. The first kappa shape index (κ1) is 16.2. The highest BCUT2D eigenvalue weighted by Crippen LogP contribution is 2.30. The Morgan fingerprint density at radius 1 is 1.24 bits per heavy atom. The summed E-state index contributed by atoms with van der Waals surface area (Å²) in [4.78, 5) is 19.3. The lowest BCUT2D eigenvalue weighted by atomic mass is 10.2. The van der Waals surface area contributed by atoms with E-state index in [-0.39, 0.29) is 5.56 Å². The molecule has 0 unspecified atom stereocenters. The number of aromatic amines is 1. The number of hydrogen-bond acceptors (Lipinski definition) is 8. The highest BCUT2D eigenvalue weighted by molar-refractivity contribution is 8.00. The van der Waals surface area contributed by atoms with Gasteiger partial charge in [0.15, 0.2) is 4.34 Å². The van der Waals surface area contributed by atoms with Crippen LogP contribution < -0.4 is 10.9 Å². The lowest BCUT2D eigenvalue weighted by Crippen LogP contribution is -2.09. The van der Waals surface area contributed by atoms with Crippen molar-refractivity contribution in [3.63, 3.8) is 0 Å². The maximum Gasteiger partial charge on any atom is 0.268 e. The molecule has 0 fully saturated rings. The summed E-state index contributed by atoms with van der Waals surface area (Å²) in [6, 6.07) is 9.89. The lowest BCUT2D eigenvalue weighted by Gasteiger charge is -2.04. The van der Waals surface area contributed by atoms with Crippen molar-refractivity contribution in [3.05, 3.63) is 57.5 Å². The van der Waals surface area contributed by atoms with Crippen molar-refractivity contribution in [2.45, 2.75) is 17.0 Å². The van der Waals surface area contributed by atoms with Crippen LogP contribution >= 0.6 is 34.4 Å². The standard InChI is InChI=1S/C16H13N5OS3/c1-9-4-2-3-5-10(9)18-15-20-21-16(25-15)24-8-12-17-11-6-7-23-13(11)14(22)19-12/h2-7H,8H2,1H3,(H,18,20)(H,17,19,22). The number of nitrogens with one attached hydrogen (secondary N) is 2. The summed E-state index contributed by atoms with van der Waals surface area (Å²) < 4.78 is 1.48. The third-order valence-corrected chi connectivity index (χ3v) is 6.38. The summed E-state index contributed by atoms with van der Waals surface area (Å²) in [6.45, 7) is 2.04. The van der Waals surface area contributed by atoms with Crippen LogP contribution in [0.1, 0.15) is 11.4 Å². The van der Waals surface area contributed by atoms with Gasteiger partial charge in [-0.05, 0) is 30.0 Å². The minimum Gasteiger partial charge on any atom is -0.330 e. The van der Waals surface area contributed by atoms with Crippen molar-refractivity contribution >= 4 is 55.5 Å². The number of H-pyrrole nitrogens is 1. The molecule has 0 aliphatic rings. The number of para-hydroxylation sites is 1. The van der Waals surface area contributed by atoms with E-state index in [2.05, 4.69) is 25.5 Å². The molecule has 126 valence electrons. The maximum absolute atomic E-state index is 12.0. The first-order valence-corrected chi connectivity index (χ1v) is 10.1. The van der Waals surface area contributed by atoms with E-state index in [0.29, 0.717) is 16.3 Å². The second-order valence-electron chi connectivity index (χ2n) is 5.25. The number of aromatic nitrogens is 4. The summed E-state index contributed by atoms with van der Waals surface area (Å²) in [6.07, 6.45) is 0. The number of aryl methyl sites for hydroxylation is 1. The Bertz CT molecular complexity index is 1080. The van der Waals surface area contributed by atoms with E-state index >= 15 is 0 Å². The Morgan fingerprint density at radius 2 is 2.12 bits per heavy atom. The van der Waals surface area contributed by atoms with Gasteiger partial charge in [0, 0.05) is 5.69 Å². The minimum atomic E-state index is -0.0882. The molecule has 0 bridgehead atoms. The number of fused-ring (bicyclic) bond motifs is 1. The van der Waals surface area contributed by atoms with Crippen LogP contribution in [-0.2, 0) is 5.75 Å². The van der Waals surface area contributed by atoms with Gasteiger partial charge >= 0.3 is 0 Å². The average molecular weight is 388 g/mol. The third-order valence-electron chi connectivity index (χ3n) is 3.49. The number of nitrogens with zero attached hydrogens (tertiary/aromatic N) is 3. The van der Waals surface area contributed by atoms with Crippen molar-refractivity contribution in [3.8, 4) is 0 Å². The van der Waals surface area contributed by atoms with Crippen molar-refractivity contribution in [2.75, 3.05) is 5.32 Å². The fraction of sp³-hybridized carbons (Fsp3) is 0.125. The largest absolute Gasteiger partial charge is 0.330 e. The number of rotatable bonds is 5. The fourth-order valence-corrected chi connectivity index (χ4v) is 4.63. The molecule has 0 radical (unpaired) electrons. The van der Waals surface area contributed by atoms with Gasteiger partial charge in [-0.15, -0.1) is 21.5 Å². The van der Waals surface area contributed by atoms with Crippen LogP contribution in [0, 0.1) is 6.92 Å². The van der Waals surface area contributed by atoms with Crippen LogP contribution in [0.15, 0.2) is 44.8 Å². The Morgan fingerprint density at radius 3 is 3.00 bits per heavy atom. The summed E-state index contributed by atoms with van der Waals surface area (Å²) in [5, 5.41) is 14.2. The molecule has 4 rings (SSSR count). The van der Waals surface area contributed by atoms with Gasteiger partial charge in [0.05, 0.1) is 11.3 Å². The molecule has 6 nitrogen and oxygen atoms in total.